The van der Waals surface area contributed by atoms with Gasteiger partial charge in [-0.3, -0.25) is 9.59 Å². The van der Waals surface area contributed by atoms with Crippen molar-refractivity contribution in [3.05, 3.63) is 21.0 Å². The molecule has 1 aromatic heterocycles. The van der Waals surface area contributed by atoms with Gasteiger partial charge in [0.2, 0.25) is 5.91 Å². The van der Waals surface area contributed by atoms with Crippen molar-refractivity contribution in [1.29, 1.82) is 0 Å². The smallest absolute Gasteiger partial charge is 0.284 e. The van der Waals surface area contributed by atoms with E-state index in [4.69, 9.17) is 6.42 Å². The average molecular weight is 355 g/mol. The lowest BCUT2D eigenvalue weighted by Crippen LogP contribution is -2.29. The molecule has 0 atom stereocenters. The summed E-state index contributed by atoms with van der Waals surface area (Å²) in [5, 5.41) is 9.79. The molecule has 0 aliphatic rings. The lowest BCUT2D eigenvalue weighted by molar-refractivity contribution is -0.120. The molecule has 0 saturated heterocycles. The van der Waals surface area contributed by atoms with Crippen molar-refractivity contribution in [2.45, 2.75) is 26.8 Å². The second-order valence-corrected chi connectivity index (χ2v) is 5.71. The van der Waals surface area contributed by atoms with Crippen LogP contribution in [0, 0.1) is 18.3 Å². The predicted molar refractivity (Wildman–Crippen MR) is 86.0 cm³/mol. The number of nitrogens with zero attached hydrogens (tertiary/aromatic N) is 2. The number of terminal acetylenes is 1. The molecule has 7 heteroatoms. The number of aromatic nitrogens is 2. The van der Waals surface area contributed by atoms with E-state index in [1.54, 1.807) is 0 Å². The molecule has 1 aromatic rings. The first-order chi connectivity index (χ1) is 9.95. The summed E-state index contributed by atoms with van der Waals surface area (Å²) in [5.74, 6) is 2.75. The number of nitrogens with one attached hydrogen (secondary N) is 2. The Morgan fingerprint density at radius 3 is 2.90 bits per heavy atom. The molecular formula is C14H19BrN4O2. The second-order valence-electron chi connectivity index (χ2n) is 4.91. The van der Waals surface area contributed by atoms with Gasteiger partial charge in [0.1, 0.15) is 11.0 Å². The lowest BCUT2D eigenvalue weighted by atomic mass is 10.2. The fourth-order valence-electron chi connectivity index (χ4n) is 1.50. The SMILES string of the molecule is C#CCn1ncc(NCCC(=O)NCC(C)C)c(Br)c1=O. The van der Waals surface area contributed by atoms with Crippen LogP contribution in [0.3, 0.4) is 0 Å². The maximum Gasteiger partial charge on any atom is 0.284 e. The van der Waals surface area contributed by atoms with Crippen LogP contribution in [0.5, 0.6) is 0 Å². The van der Waals surface area contributed by atoms with E-state index in [1.165, 1.54) is 10.9 Å². The molecule has 0 fully saturated rings. The fraction of sp³-hybridized carbons (Fsp3) is 0.500. The summed E-state index contributed by atoms with van der Waals surface area (Å²) >= 11 is 3.21. The van der Waals surface area contributed by atoms with Crippen LogP contribution in [0.1, 0.15) is 20.3 Å². The van der Waals surface area contributed by atoms with E-state index < -0.39 is 0 Å². The van der Waals surface area contributed by atoms with Crippen molar-refractivity contribution in [3.8, 4) is 12.3 Å². The van der Waals surface area contributed by atoms with Gasteiger partial charge in [-0.1, -0.05) is 19.8 Å². The lowest BCUT2D eigenvalue weighted by Gasteiger charge is -2.10. The van der Waals surface area contributed by atoms with E-state index in [1.807, 2.05) is 13.8 Å². The quantitative estimate of drug-likeness (QED) is 0.721. The molecule has 0 saturated carbocycles. The van der Waals surface area contributed by atoms with Gasteiger partial charge in [0, 0.05) is 19.5 Å². The highest BCUT2D eigenvalue weighted by Crippen LogP contribution is 2.15. The highest BCUT2D eigenvalue weighted by Gasteiger charge is 2.08. The highest BCUT2D eigenvalue weighted by molar-refractivity contribution is 9.10. The molecule has 0 spiro atoms. The Bertz CT molecular complexity index is 590. The number of amides is 1. The molecule has 0 radical (unpaired) electrons. The van der Waals surface area contributed by atoms with Crippen LogP contribution in [0.15, 0.2) is 15.5 Å². The normalized spacial score (nSPS) is 10.2. The zero-order valence-electron chi connectivity index (χ0n) is 12.1. The number of rotatable bonds is 7. The van der Waals surface area contributed by atoms with Gasteiger partial charge in [-0.05, 0) is 21.8 Å². The summed E-state index contributed by atoms with van der Waals surface area (Å²) in [6.45, 7) is 5.27. The van der Waals surface area contributed by atoms with Gasteiger partial charge in [0.15, 0.2) is 0 Å². The topological polar surface area (TPSA) is 76.0 Å². The van der Waals surface area contributed by atoms with Crippen LogP contribution in [0.2, 0.25) is 0 Å². The van der Waals surface area contributed by atoms with Gasteiger partial charge >= 0.3 is 0 Å². The van der Waals surface area contributed by atoms with Crippen molar-refractivity contribution in [2.24, 2.45) is 5.92 Å². The zero-order chi connectivity index (χ0) is 15.8. The van der Waals surface area contributed by atoms with Gasteiger partial charge < -0.3 is 10.6 Å². The third-order valence-electron chi connectivity index (χ3n) is 2.60. The maximum atomic E-state index is 11.9. The van der Waals surface area contributed by atoms with Crippen LogP contribution in [-0.2, 0) is 11.3 Å². The summed E-state index contributed by atoms with van der Waals surface area (Å²) < 4.78 is 1.54. The van der Waals surface area contributed by atoms with Crippen molar-refractivity contribution in [1.82, 2.24) is 15.1 Å². The summed E-state index contributed by atoms with van der Waals surface area (Å²) in [6.07, 6.45) is 6.99. The van der Waals surface area contributed by atoms with Gasteiger partial charge in [-0.25, -0.2) is 4.68 Å². The summed E-state index contributed by atoms with van der Waals surface area (Å²) in [6, 6.07) is 0. The number of halogens is 1. The molecule has 1 heterocycles. The van der Waals surface area contributed by atoms with E-state index >= 15 is 0 Å². The van der Waals surface area contributed by atoms with Crippen LogP contribution in [0.25, 0.3) is 0 Å². The van der Waals surface area contributed by atoms with E-state index in [-0.39, 0.29) is 18.0 Å². The fourth-order valence-corrected chi connectivity index (χ4v) is 1.95. The molecule has 21 heavy (non-hydrogen) atoms. The molecule has 2 N–H and O–H groups in total. The Morgan fingerprint density at radius 2 is 2.29 bits per heavy atom. The average Bonchev–Trinajstić information content (AvgIpc) is 2.44. The summed E-state index contributed by atoms with van der Waals surface area (Å²) in [4.78, 5) is 23.5. The molecule has 1 rings (SSSR count). The largest absolute Gasteiger partial charge is 0.382 e. The zero-order valence-corrected chi connectivity index (χ0v) is 13.7. The monoisotopic (exact) mass is 354 g/mol. The first kappa shape index (κ1) is 17.2. The Kier molecular flexibility index (Phi) is 6.96. The number of hydrogen-bond acceptors (Lipinski definition) is 4. The van der Waals surface area contributed by atoms with Crippen LogP contribution >= 0.6 is 15.9 Å². The molecule has 1 amide bonds. The van der Waals surface area contributed by atoms with Gasteiger partial charge in [0.05, 0.1) is 11.9 Å². The number of anilines is 1. The third-order valence-corrected chi connectivity index (χ3v) is 3.37. The number of carbonyl (C=O) groups is 1. The van der Waals surface area contributed by atoms with E-state index in [0.717, 1.165) is 0 Å². The maximum absolute atomic E-state index is 11.9. The van der Waals surface area contributed by atoms with Crippen LogP contribution in [0.4, 0.5) is 5.69 Å². The predicted octanol–water partition coefficient (Wildman–Crippen LogP) is 1.21. The molecule has 114 valence electrons. The first-order valence-electron chi connectivity index (χ1n) is 6.65. The molecule has 0 aliphatic heterocycles. The van der Waals surface area contributed by atoms with Crippen molar-refractivity contribution in [3.63, 3.8) is 0 Å². The summed E-state index contributed by atoms with van der Waals surface area (Å²) in [7, 11) is 0. The second kappa shape index (κ2) is 8.47. The third kappa shape index (κ3) is 5.60. The minimum Gasteiger partial charge on any atom is -0.382 e. The minimum absolute atomic E-state index is 0.0269. The van der Waals surface area contributed by atoms with Crippen LogP contribution < -0.4 is 16.2 Å². The molecule has 0 unspecified atom stereocenters. The standard InChI is InChI=1S/C14H19BrN4O2/c1-4-7-19-14(21)13(15)11(9-18-19)16-6-5-12(20)17-8-10(2)3/h1,9-10,16H,5-8H2,2-3H3,(H,17,20). The molecule has 0 bridgehead atoms. The molecule has 6 nitrogen and oxygen atoms in total. The van der Waals surface area contributed by atoms with E-state index in [0.29, 0.717) is 35.6 Å². The Labute approximate surface area is 132 Å². The van der Waals surface area contributed by atoms with Gasteiger partial charge in [0.25, 0.3) is 5.56 Å². The van der Waals surface area contributed by atoms with Crippen LogP contribution in [-0.4, -0.2) is 28.8 Å². The Morgan fingerprint density at radius 1 is 1.57 bits per heavy atom. The number of carbonyl (C=O) groups excluding carboxylic acids is 1. The Balaban J connectivity index is 2.53. The van der Waals surface area contributed by atoms with Gasteiger partial charge in [-0.15, -0.1) is 6.42 Å². The van der Waals surface area contributed by atoms with Crippen molar-refractivity contribution < 1.29 is 4.79 Å². The van der Waals surface area contributed by atoms with Gasteiger partial charge in [-0.2, -0.15) is 5.10 Å². The van der Waals surface area contributed by atoms with Crippen molar-refractivity contribution >= 4 is 27.5 Å². The van der Waals surface area contributed by atoms with Crippen molar-refractivity contribution in [2.75, 3.05) is 18.4 Å². The first-order valence-corrected chi connectivity index (χ1v) is 7.44. The number of hydrogen-bond donors (Lipinski definition) is 2. The minimum atomic E-state index is -0.304. The summed E-state index contributed by atoms with van der Waals surface area (Å²) in [5.41, 5.74) is 0.243. The molecular weight excluding hydrogens is 336 g/mol. The molecule has 0 aliphatic carbocycles. The van der Waals surface area contributed by atoms with E-state index in [9.17, 15) is 9.59 Å². The van der Waals surface area contributed by atoms with E-state index in [2.05, 4.69) is 37.6 Å². The highest BCUT2D eigenvalue weighted by atomic mass is 79.9. The Hall–Kier alpha value is -1.81. The molecule has 0 aromatic carbocycles.